The van der Waals surface area contributed by atoms with Crippen LogP contribution in [0, 0.1) is 0 Å². The summed E-state index contributed by atoms with van der Waals surface area (Å²) in [5, 5.41) is 0. The number of ether oxygens (including phenoxy) is 1. The SMILES string of the molecule is NCc1cc(C(N)=O)nc(OC(F)(F)F)c1C(F)F. The van der Waals surface area contributed by atoms with Gasteiger partial charge in [0, 0.05) is 6.54 Å². The highest BCUT2D eigenvalue weighted by Crippen LogP contribution is 2.34. The van der Waals surface area contributed by atoms with Gasteiger partial charge >= 0.3 is 6.36 Å². The fourth-order valence-corrected chi connectivity index (χ4v) is 1.30. The van der Waals surface area contributed by atoms with E-state index in [1.54, 1.807) is 0 Å². The number of rotatable bonds is 4. The number of aromatic nitrogens is 1. The van der Waals surface area contributed by atoms with Crippen molar-refractivity contribution in [3.05, 3.63) is 22.9 Å². The van der Waals surface area contributed by atoms with Crippen molar-refractivity contribution in [1.29, 1.82) is 0 Å². The average molecular weight is 285 g/mol. The molecule has 0 unspecified atom stereocenters. The van der Waals surface area contributed by atoms with Crippen LogP contribution in [0.5, 0.6) is 5.88 Å². The summed E-state index contributed by atoms with van der Waals surface area (Å²) in [6.45, 7) is -0.531. The Morgan fingerprint density at radius 3 is 2.37 bits per heavy atom. The Bertz CT molecular complexity index is 489. The summed E-state index contributed by atoms with van der Waals surface area (Å²) < 4.78 is 65.1. The third-order valence-corrected chi connectivity index (χ3v) is 2.01. The fraction of sp³-hybridized carbons (Fsp3) is 0.333. The van der Waals surface area contributed by atoms with Crippen LogP contribution >= 0.6 is 0 Å². The van der Waals surface area contributed by atoms with E-state index in [1.807, 2.05) is 0 Å². The Balaban J connectivity index is 3.45. The minimum Gasteiger partial charge on any atom is -0.387 e. The molecule has 1 aromatic rings. The van der Waals surface area contributed by atoms with Crippen LogP contribution in [0.1, 0.15) is 28.0 Å². The van der Waals surface area contributed by atoms with Gasteiger partial charge in [0.05, 0.1) is 5.56 Å². The lowest BCUT2D eigenvalue weighted by atomic mass is 10.1. The van der Waals surface area contributed by atoms with E-state index in [2.05, 4.69) is 9.72 Å². The van der Waals surface area contributed by atoms with Crippen LogP contribution in [0.15, 0.2) is 6.07 Å². The number of carbonyl (C=O) groups excluding carboxylic acids is 1. The van der Waals surface area contributed by atoms with Gasteiger partial charge in [0.2, 0.25) is 5.88 Å². The van der Waals surface area contributed by atoms with E-state index < -0.39 is 47.9 Å². The Kier molecular flexibility index (Phi) is 4.24. The van der Waals surface area contributed by atoms with E-state index in [0.717, 1.165) is 6.07 Å². The number of nitrogens with zero attached hydrogens (tertiary/aromatic N) is 1. The summed E-state index contributed by atoms with van der Waals surface area (Å²) in [6, 6.07) is 0.799. The van der Waals surface area contributed by atoms with Gasteiger partial charge < -0.3 is 16.2 Å². The molecule has 4 N–H and O–H groups in total. The summed E-state index contributed by atoms with van der Waals surface area (Å²) in [5.41, 5.74) is 7.80. The van der Waals surface area contributed by atoms with E-state index in [-0.39, 0.29) is 0 Å². The maximum atomic E-state index is 12.7. The van der Waals surface area contributed by atoms with Gasteiger partial charge in [-0.1, -0.05) is 0 Å². The Morgan fingerprint density at radius 2 is 2.00 bits per heavy atom. The van der Waals surface area contributed by atoms with Crippen LogP contribution < -0.4 is 16.2 Å². The molecule has 106 valence electrons. The zero-order chi connectivity index (χ0) is 14.8. The van der Waals surface area contributed by atoms with Crippen molar-refractivity contribution < 1.29 is 31.5 Å². The predicted molar refractivity (Wildman–Crippen MR) is 52.3 cm³/mol. The molecule has 0 aromatic carbocycles. The average Bonchev–Trinajstić information content (AvgIpc) is 2.24. The summed E-state index contributed by atoms with van der Waals surface area (Å²) >= 11 is 0. The molecule has 5 nitrogen and oxygen atoms in total. The third kappa shape index (κ3) is 3.74. The monoisotopic (exact) mass is 285 g/mol. The first-order chi connectivity index (χ1) is 8.65. The third-order valence-electron chi connectivity index (χ3n) is 2.01. The molecule has 1 aromatic heterocycles. The molecule has 0 spiro atoms. The van der Waals surface area contributed by atoms with Crippen molar-refractivity contribution in [2.75, 3.05) is 0 Å². The molecule has 1 rings (SSSR count). The van der Waals surface area contributed by atoms with Crippen molar-refractivity contribution in [2.45, 2.75) is 19.3 Å². The van der Waals surface area contributed by atoms with Gasteiger partial charge in [-0.05, 0) is 11.6 Å². The highest BCUT2D eigenvalue weighted by Gasteiger charge is 2.35. The number of alkyl halides is 5. The largest absolute Gasteiger partial charge is 0.574 e. The van der Waals surface area contributed by atoms with Crippen molar-refractivity contribution >= 4 is 5.91 Å². The summed E-state index contributed by atoms with van der Waals surface area (Å²) in [4.78, 5) is 13.9. The van der Waals surface area contributed by atoms with Gasteiger partial charge in [0.15, 0.2) is 0 Å². The van der Waals surface area contributed by atoms with Crippen LogP contribution in [-0.4, -0.2) is 17.3 Å². The molecule has 1 amide bonds. The second kappa shape index (κ2) is 5.34. The molecular weight excluding hydrogens is 277 g/mol. The summed E-state index contributed by atoms with van der Waals surface area (Å²) in [6.07, 6.45) is -8.54. The van der Waals surface area contributed by atoms with E-state index in [1.165, 1.54) is 0 Å². The zero-order valence-electron chi connectivity index (χ0n) is 9.17. The Morgan fingerprint density at radius 1 is 1.42 bits per heavy atom. The van der Waals surface area contributed by atoms with Crippen LogP contribution in [0.25, 0.3) is 0 Å². The lowest BCUT2D eigenvalue weighted by Crippen LogP contribution is -2.22. The Hall–Kier alpha value is -1.97. The predicted octanol–water partition coefficient (Wildman–Crippen LogP) is 1.48. The van der Waals surface area contributed by atoms with E-state index >= 15 is 0 Å². The van der Waals surface area contributed by atoms with Gasteiger partial charge in [-0.3, -0.25) is 4.79 Å². The van der Waals surface area contributed by atoms with Gasteiger partial charge in [-0.25, -0.2) is 13.8 Å². The number of hydrogen-bond donors (Lipinski definition) is 2. The van der Waals surface area contributed by atoms with Crippen molar-refractivity contribution in [3.63, 3.8) is 0 Å². The molecule has 0 saturated carbocycles. The highest BCUT2D eigenvalue weighted by atomic mass is 19.4. The van der Waals surface area contributed by atoms with Gasteiger partial charge in [-0.2, -0.15) is 0 Å². The molecule has 0 atom stereocenters. The lowest BCUT2D eigenvalue weighted by Gasteiger charge is -2.15. The number of primary amides is 1. The van der Waals surface area contributed by atoms with Crippen LogP contribution in [0.3, 0.4) is 0 Å². The molecular formula is C9H8F5N3O2. The quantitative estimate of drug-likeness (QED) is 0.819. The lowest BCUT2D eigenvalue weighted by molar-refractivity contribution is -0.276. The molecule has 1 heterocycles. The summed E-state index contributed by atoms with van der Waals surface area (Å²) in [5.74, 6) is -2.62. The molecule has 0 aliphatic carbocycles. The number of carbonyl (C=O) groups is 1. The van der Waals surface area contributed by atoms with E-state index in [4.69, 9.17) is 11.5 Å². The van der Waals surface area contributed by atoms with Crippen LogP contribution in [0.4, 0.5) is 22.0 Å². The number of hydrogen-bond acceptors (Lipinski definition) is 4. The zero-order valence-corrected chi connectivity index (χ0v) is 9.17. The van der Waals surface area contributed by atoms with Gasteiger partial charge in [-0.15, -0.1) is 13.2 Å². The van der Waals surface area contributed by atoms with E-state index in [0.29, 0.717) is 0 Å². The first-order valence-corrected chi connectivity index (χ1v) is 4.73. The molecule has 0 bridgehead atoms. The number of nitrogens with two attached hydrogens (primary N) is 2. The second-order valence-corrected chi connectivity index (χ2v) is 3.30. The van der Waals surface area contributed by atoms with Gasteiger partial charge in [0.25, 0.3) is 12.3 Å². The molecule has 0 saturated heterocycles. The molecule has 19 heavy (non-hydrogen) atoms. The van der Waals surface area contributed by atoms with Gasteiger partial charge in [0.1, 0.15) is 5.69 Å². The second-order valence-electron chi connectivity index (χ2n) is 3.30. The van der Waals surface area contributed by atoms with Crippen molar-refractivity contribution in [2.24, 2.45) is 11.5 Å². The first-order valence-electron chi connectivity index (χ1n) is 4.73. The van der Waals surface area contributed by atoms with E-state index in [9.17, 15) is 26.7 Å². The topological polar surface area (TPSA) is 91.2 Å². The molecule has 0 fully saturated rings. The maximum absolute atomic E-state index is 12.7. The van der Waals surface area contributed by atoms with Crippen LogP contribution in [-0.2, 0) is 6.54 Å². The number of halogens is 5. The van der Waals surface area contributed by atoms with Crippen LogP contribution in [0.2, 0.25) is 0 Å². The molecule has 0 radical (unpaired) electrons. The molecule has 0 aliphatic heterocycles. The first kappa shape index (κ1) is 15.1. The smallest absolute Gasteiger partial charge is 0.387 e. The van der Waals surface area contributed by atoms with Crippen molar-refractivity contribution in [1.82, 2.24) is 4.98 Å². The number of pyridine rings is 1. The number of amides is 1. The standard InChI is InChI=1S/C9H8F5N3O2/c10-6(11)5-3(2-15)1-4(7(16)18)17-8(5)19-9(12,13)14/h1,6H,2,15H2,(H2,16,18). The minimum atomic E-state index is -5.24. The maximum Gasteiger partial charge on any atom is 0.574 e. The molecule has 0 aliphatic rings. The molecule has 10 heteroatoms. The van der Waals surface area contributed by atoms with Crippen molar-refractivity contribution in [3.8, 4) is 5.88 Å². The minimum absolute atomic E-state index is 0.405. The fourth-order valence-electron chi connectivity index (χ4n) is 1.30. The summed E-state index contributed by atoms with van der Waals surface area (Å²) in [7, 11) is 0. The highest BCUT2D eigenvalue weighted by molar-refractivity contribution is 5.91. The Labute approximate surface area is 103 Å². The normalized spacial score (nSPS) is 11.7.